The Morgan fingerprint density at radius 3 is 2.88 bits per heavy atom. The van der Waals surface area contributed by atoms with Crippen molar-refractivity contribution in [1.29, 1.82) is 0 Å². The van der Waals surface area contributed by atoms with Gasteiger partial charge in [0.1, 0.15) is 0 Å². The van der Waals surface area contributed by atoms with Crippen molar-refractivity contribution in [1.82, 2.24) is 10.7 Å². The van der Waals surface area contributed by atoms with Crippen LogP contribution < -0.4 is 20.2 Å². The molecule has 0 saturated heterocycles. The smallest absolute Gasteiger partial charge is 0.231 e. The summed E-state index contributed by atoms with van der Waals surface area (Å²) in [7, 11) is 1.71. The van der Waals surface area contributed by atoms with Gasteiger partial charge in [-0.15, -0.1) is 0 Å². The second kappa shape index (κ2) is 5.20. The third-order valence-corrected chi connectivity index (χ3v) is 2.71. The van der Waals surface area contributed by atoms with Crippen LogP contribution in [0, 0.1) is 0 Å². The Hall–Kier alpha value is -1.53. The van der Waals surface area contributed by atoms with E-state index in [0.717, 1.165) is 5.56 Å². The second-order valence-corrected chi connectivity index (χ2v) is 3.99. The molecule has 90 valence electrons. The molecule has 7 heteroatoms. The summed E-state index contributed by atoms with van der Waals surface area (Å²) >= 11 is 10.9. The lowest BCUT2D eigenvalue weighted by molar-refractivity contribution is 0.174. The molecule has 0 bridgehead atoms. The van der Waals surface area contributed by atoms with Crippen LogP contribution in [0.3, 0.4) is 0 Å². The minimum atomic E-state index is 0.217. The SMILES string of the molecule is CNC(=S)N/N=C\c1cc2c(cc1Cl)OCO2. The van der Waals surface area contributed by atoms with E-state index in [1.54, 1.807) is 25.4 Å². The van der Waals surface area contributed by atoms with Crippen LogP contribution >= 0.6 is 23.8 Å². The van der Waals surface area contributed by atoms with Crippen molar-refractivity contribution < 1.29 is 9.47 Å². The Morgan fingerprint density at radius 2 is 2.18 bits per heavy atom. The molecule has 1 aromatic rings. The molecule has 2 rings (SSSR count). The van der Waals surface area contributed by atoms with Crippen LogP contribution in [-0.4, -0.2) is 25.2 Å². The van der Waals surface area contributed by atoms with Crippen molar-refractivity contribution in [3.63, 3.8) is 0 Å². The zero-order chi connectivity index (χ0) is 12.3. The fraction of sp³-hybridized carbons (Fsp3) is 0.200. The summed E-state index contributed by atoms with van der Waals surface area (Å²) < 4.78 is 10.4. The summed E-state index contributed by atoms with van der Waals surface area (Å²) in [5.41, 5.74) is 3.36. The third-order valence-electron chi connectivity index (χ3n) is 2.09. The van der Waals surface area contributed by atoms with Gasteiger partial charge >= 0.3 is 0 Å². The fourth-order valence-electron chi connectivity index (χ4n) is 1.25. The molecule has 2 N–H and O–H groups in total. The maximum atomic E-state index is 6.05. The normalized spacial score (nSPS) is 12.8. The quantitative estimate of drug-likeness (QED) is 0.485. The second-order valence-electron chi connectivity index (χ2n) is 3.18. The molecule has 0 spiro atoms. The zero-order valence-electron chi connectivity index (χ0n) is 8.99. The number of ether oxygens (including phenoxy) is 2. The fourth-order valence-corrected chi connectivity index (χ4v) is 1.50. The van der Waals surface area contributed by atoms with Crippen molar-refractivity contribution in [2.24, 2.45) is 5.10 Å². The Labute approximate surface area is 109 Å². The molecular formula is C10H10ClN3O2S. The first-order chi connectivity index (χ1) is 8.20. The van der Waals surface area contributed by atoms with Gasteiger partial charge in [-0.05, 0) is 18.3 Å². The van der Waals surface area contributed by atoms with E-state index in [9.17, 15) is 0 Å². The summed E-state index contributed by atoms with van der Waals surface area (Å²) in [5.74, 6) is 1.30. The lowest BCUT2D eigenvalue weighted by atomic mass is 10.2. The Bertz CT molecular complexity index is 479. The van der Waals surface area contributed by atoms with E-state index in [1.807, 2.05) is 0 Å². The molecule has 0 unspecified atom stereocenters. The van der Waals surface area contributed by atoms with Crippen molar-refractivity contribution in [2.45, 2.75) is 0 Å². The summed E-state index contributed by atoms with van der Waals surface area (Å²) in [5, 5.41) is 7.64. The molecule has 1 heterocycles. The first-order valence-corrected chi connectivity index (χ1v) is 5.59. The van der Waals surface area contributed by atoms with Crippen LogP contribution in [0.15, 0.2) is 17.2 Å². The number of thiocarbonyl (C=S) groups is 1. The first-order valence-electron chi connectivity index (χ1n) is 4.80. The number of rotatable bonds is 2. The zero-order valence-corrected chi connectivity index (χ0v) is 10.6. The molecule has 1 aromatic carbocycles. The minimum Gasteiger partial charge on any atom is -0.454 e. The predicted octanol–water partition coefficient (Wildman–Crippen LogP) is 1.50. The Morgan fingerprint density at radius 1 is 1.47 bits per heavy atom. The molecule has 1 aliphatic heterocycles. The monoisotopic (exact) mass is 271 g/mol. The Kier molecular flexibility index (Phi) is 3.65. The molecular weight excluding hydrogens is 262 g/mol. The van der Waals surface area contributed by atoms with Crippen LogP contribution in [0.2, 0.25) is 5.02 Å². The number of hydrogen-bond acceptors (Lipinski definition) is 4. The standard InChI is InChI=1S/C10H10ClN3O2S/c1-12-10(17)14-13-4-6-2-8-9(3-7(6)11)16-5-15-8/h2-4H,5H2,1H3,(H2,12,14,17)/b13-4-. The maximum Gasteiger partial charge on any atom is 0.231 e. The van der Waals surface area contributed by atoms with Crippen molar-refractivity contribution in [3.8, 4) is 11.5 Å². The van der Waals surface area contributed by atoms with Gasteiger partial charge in [-0.3, -0.25) is 5.43 Å². The lowest BCUT2D eigenvalue weighted by Crippen LogP contribution is -2.28. The van der Waals surface area contributed by atoms with Crippen molar-refractivity contribution >= 4 is 35.1 Å². The highest BCUT2D eigenvalue weighted by atomic mass is 35.5. The van der Waals surface area contributed by atoms with Crippen LogP contribution in [0.1, 0.15) is 5.56 Å². The van der Waals surface area contributed by atoms with Gasteiger partial charge in [0, 0.05) is 18.7 Å². The summed E-state index contributed by atoms with van der Waals surface area (Å²) in [6, 6.07) is 3.46. The van der Waals surface area contributed by atoms with E-state index in [0.29, 0.717) is 21.6 Å². The summed E-state index contributed by atoms with van der Waals surface area (Å²) in [6.07, 6.45) is 1.56. The van der Waals surface area contributed by atoms with Gasteiger partial charge in [-0.25, -0.2) is 0 Å². The number of halogens is 1. The molecule has 0 radical (unpaired) electrons. The first kappa shape index (κ1) is 11.9. The predicted molar refractivity (Wildman–Crippen MR) is 70.0 cm³/mol. The van der Waals surface area contributed by atoms with E-state index >= 15 is 0 Å². The largest absolute Gasteiger partial charge is 0.454 e. The van der Waals surface area contributed by atoms with E-state index in [-0.39, 0.29) is 6.79 Å². The van der Waals surface area contributed by atoms with Gasteiger partial charge in [0.05, 0.1) is 11.2 Å². The van der Waals surface area contributed by atoms with Crippen LogP contribution in [-0.2, 0) is 0 Å². The van der Waals surface area contributed by atoms with E-state index in [4.69, 9.17) is 33.3 Å². The molecule has 17 heavy (non-hydrogen) atoms. The van der Waals surface area contributed by atoms with Gasteiger partial charge in [-0.2, -0.15) is 5.10 Å². The van der Waals surface area contributed by atoms with E-state index in [1.165, 1.54) is 0 Å². The summed E-state index contributed by atoms with van der Waals surface area (Å²) in [6.45, 7) is 0.217. The molecule has 0 amide bonds. The topological polar surface area (TPSA) is 54.9 Å². The van der Waals surface area contributed by atoms with E-state index < -0.39 is 0 Å². The molecule has 0 aliphatic carbocycles. The Balaban J connectivity index is 2.13. The van der Waals surface area contributed by atoms with Crippen molar-refractivity contribution in [2.75, 3.05) is 13.8 Å². The molecule has 0 saturated carbocycles. The highest BCUT2D eigenvalue weighted by molar-refractivity contribution is 7.80. The van der Waals surface area contributed by atoms with Crippen LogP contribution in [0.4, 0.5) is 0 Å². The van der Waals surface area contributed by atoms with Crippen LogP contribution in [0.25, 0.3) is 0 Å². The van der Waals surface area contributed by atoms with Crippen LogP contribution in [0.5, 0.6) is 11.5 Å². The van der Waals surface area contributed by atoms with Gasteiger partial charge in [0.2, 0.25) is 6.79 Å². The van der Waals surface area contributed by atoms with Gasteiger partial charge < -0.3 is 14.8 Å². The average molecular weight is 272 g/mol. The van der Waals surface area contributed by atoms with Crippen molar-refractivity contribution in [3.05, 3.63) is 22.7 Å². The number of nitrogens with zero attached hydrogens (tertiary/aromatic N) is 1. The summed E-state index contributed by atoms with van der Waals surface area (Å²) in [4.78, 5) is 0. The third kappa shape index (κ3) is 2.78. The highest BCUT2D eigenvalue weighted by Gasteiger charge is 2.15. The number of hydrogen-bond donors (Lipinski definition) is 2. The molecule has 0 atom stereocenters. The molecule has 1 aliphatic rings. The maximum absolute atomic E-state index is 6.05. The molecule has 0 fully saturated rings. The number of nitrogens with one attached hydrogen (secondary N) is 2. The van der Waals surface area contributed by atoms with Gasteiger partial charge in [0.15, 0.2) is 16.6 Å². The number of fused-ring (bicyclic) bond motifs is 1. The van der Waals surface area contributed by atoms with Gasteiger partial charge in [0.25, 0.3) is 0 Å². The van der Waals surface area contributed by atoms with Gasteiger partial charge in [-0.1, -0.05) is 11.6 Å². The molecule has 0 aromatic heterocycles. The van der Waals surface area contributed by atoms with E-state index in [2.05, 4.69) is 15.8 Å². The lowest BCUT2D eigenvalue weighted by Gasteiger charge is -2.02. The average Bonchev–Trinajstić information content (AvgIpc) is 2.76. The highest BCUT2D eigenvalue weighted by Crippen LogP contribution is 2.36. The minimum absolute atomic E-state index is 0.217. The molecule has 5 nitrogen and oxygen atoms in total. The number of hydrazone groups is 1. The number of benzene rings is 1.